The van der Waals surface area contributed by atoms with E-state index in [4.69, 9.17) is 18.9 Å². The van der Waals surface area contributed by atoms with Gasteiger partial charge in [-0.05, 0) is 30.3 Å². The molecule has 2 aromatic carbocycles. The van der Waals surface area contributed by atoms with Crippen molar-refractivity contribution in [3.8, 4) is 23.0 Å². The van der Waals surface area contributed by atoms with E-state index in [-0.39, 0.29) is 5.78 Å². The maximum atomic E-state index is 12.8. The van der Waals surface area contributed by atoms with Crippen LogP contribution in [-0.2, 0) is 0 Å². The molecule has 0 spiro atoms. The Balaban J connectivity index is 2.55. The van der Waals surface area contributed by atoms with Gasteiger partial charge in [-0.3, -0.25) is 4.79 Å². The summed E-state index contributed by atoms with van der Waals surface area (Å²) < 4.78 is 21.7. The van der Waals surface area contributed by atoms with E-state index in [0.29, 0.717) is 38.6 Å². The molecule has 0 heterocycles. The number of ketones is 1. The quantitative estimate of drug-likeness (QED) is 0.714. The Bertz CT molecular complexity index is 702. The van der Waals surface area contributed by atoms with Crippen molar-refractivity contribution >= 4 is 21.7 Å². The van der Waals surface area contributed by atoms with E-state index in [9.17, 15) is 4.79 Å². The molecule has 23 heavy (non-hydrogen) atoms. The normalized spacial score (nSPS) is 10.1. The lowest BCUT2D eigenvalue weighted by molar-refractivity contribution is 0.103. The average Bonchev–Trinajstić information content (AvgIpc) is 2.60. The predicted octanol–water partition coefficient (Wildman–Crippen LogP) is 3.71. The van der Waals surface area contributed by atoms with Gasteiger partial charge in [0.25, 0.3) is 0 Å². The molecule has 6 heteroatoms. The fourth-order valence-corrected chi connectivity index (χ4v) is 2.60. The molecule has 0 aliphatic rings. The number of hydrogen-bond donors (Lipinski definition) is 0. The number of methoxy groups -OCH3 is 4. The van der Waals surface area contributed by atoms with Crippen LogP contribution in [0.25, 0.3) is 0 Å². The molecule has 0 atom stereocenters. The van der Waals surface area contributed by atoms with Crippen molar-refractivity contribution in [2.45, 2.75) is 0 Å². The maximum absolute atomic E-state index is 12.8. The highest BCUT2D eigenvalue weighted by molar-refractivity contribution is 9.10. The first-order valence-electron chi connectivity index (χ1n) is 6.74. The number of halogens is 1. The second kappa shape index (κ2) is 7.37. The first-order chi connectivity index (χ1) is 11.0. The summed E-state index contributed by atoms with van der Waals surface area (Å²) >= 11 is 3.39. The largest absolute Gasteiger partial charge is 0.497 e. The summed E-state index contributed by atoms with van der Waals surface area (Å²) in [6, 6.07) is 8.46. The van der Waals surface area contributed by atoms with Crippen LogP contribution < -0.4 is 18.9 Å². The highest BCUT2D eigenvalue weighted by atomic mass is 79.9. The predicted molar refractivity (Wildman–Crippen MR) is 90.2 cm³/mol. The van der Waals surface area contributed by atoms with Crippen LogP contribution >= 0.6 is 15.9 Å². The third kappa shape index (κ3) is 3.42. The van der Waals surface area contributed by atoms with Gasteiger partial charge >= 0.3 is 0 Å². The minimum Gasteiger partial charge on any atom is -0.497 e. The van der Waals surface area contributed by atoms with Crippen LogP contribution in [0.15, 0.2) is 34.8 Å². The monoisotopic (exact) mass is 380 g/mol. The molecule has 5 nitrogen and oxygen atoms in total. The number of ether oxygens (including phenoxy) is 4. The van der Waals surface area contributed by atoms with Crippen LogP contribution in [0.5, 0.6) is 23.0 Å². The number of hydrogen-bond acceptors (Lipinski definition) is 5. The topological polar surface area (TPSA) is 54.0 Å². The number of rotatable bonds is 6. The second-order valence-electron chi connectivity index (χ2n) is 4.59. The van der Waals surface area contributed by atoms with Gasteiger partial charge in [0.05, 0.1) is 28.4 Å². The lowest BCUT2D eigenvalue weighted by atomic mass is 10.0. The van der Waals surface area contributed by atoms with Crippen molar-refractivity contribution in [1.82, 2.24) is 0 Å². The van der Waals surface area contributed by atoms with Crippen LogP contribution in [0.1, 0.15) is 15.9 Å². The molecule has 0 bridgehead atoms. The van der Waals surface area contributed by atoms with Crippen LogP contribution in [0.3, 0.4) is 0 Å². The third-order valence-corrected chi connectivity index (χ3v) is 4.04. The van der Waals surface area contributed by atoms with Gasteiger partial charge in [0.15, 0.2) is 17.3 Å². The van der Waals surface area contributed by atoms with E-state index in [1.54, 1.807) is 37.4 Å². The van der Waals surface area contributed by atoms with Crippen LogP contribution in [0.2, 0.25) is 0 Å². The van der Waals surface area contributed by atoms with Crippen LogP contribution in [-0.4, -0.2) is 34.2 Å². The smallest absolute Gasteiger partial charge is 0.203 e. The minimum atomic E-state index is -0.185. The van der Waals surface area contributed by atoms with E-state index >= 15 is 0 Å². The molecule has 2 aromatic rings. The molecule has 0 radical (unpaired) electrons. The fraction of sp³-hybridized carbons (Fsp3) is 0.235. The van der Waals surface area contributed by atoms with Crippen molar-refractivity contribution in [2.75, 3.05) is 28.4 Å². The number of carbonyl (C=O) groups excluding carboxylic acids is 1. The Morgan fingerprint density at radius 1 is 0.870 bits per heavy atom. The van der Waals surface area contributed by atoms with Gasteiger partial charge in [-0.25, -0.2) is 0 Å². The minimum absolute atomic E-state index is 0.185. The summed E-state index contributed by atoms with van der Waals surface area (Å²) in [7, 11) is 6.08. The van der Waals surface area contributed by atoms with E-state index in [1.165, 1.54) is 21.3 Å². The SMILES string of the molecule is COc1ccc(Br)c(C(=O)c2cc(OC)c(OC)c(OC)c2)c1. The fourth-order valence-electron chi connectivity index (χ4n) is 2.17. The summed E-state index contributed by atoms with van der Waals surface area (Å²) in [5.41, 5.74) is 0.909. The maximum Gasteiger partial charge on any atom is 0.203 e. The molecular formula is C17H17BrO5. The summed E-state index contributed by atoms with van der Waals surface area (Å²) in [5, 5.41) is 0. The van der Waals surface area contributed by atoms with Crippen LogP contribution in [0.4, 0.5) is 0 Å². The Hall–Kier alpha value is -2.21. The first kappa shape index (κ1) is 17.1. The lowest BCUT2D eigenvalue weighted by Gasteiger charge is -2.14. The van der Waals surface area contributed by atoms with Gasteiger partial charge < -0.3 is 18.9 Å². The van der Waals surface area contributed by atoms with E-state index in [2.05, 4.69) is 15.9 Å². The Morgan fingerprint density at radius 2 is 1.48 bits per heavy atom. The first-order valence-corrected chi connectivity index (χ1v) is 7.53. The summed E-state index contributed by atoms with van der Waals surface area (Å²) in [6.07, 6.45) is 0. The third-order valence-electron chi connectivity index (χ3n) is 3.35. The molecule has 0 aromatic heterocycles. The van der Waals surface area contributed by atoms with Crippen molar-refractivity contribution in [2.24, 2.45) is 0 Å². The Morgan fingerprint density at radius 3 is 1.96 bits per heavy atom. The van der Waals surface area contributed by atoms with E-state index in [1.807, 2.05) is 0 Å². The van der Waals surface area contributed by atoms with Crippen LogP contribution in [0, 0.1) is 0 Å². The van der Waals surface area contributed by atoms with Gasteiger partial charge in [0, 0.05) is 15.6 Å². The zero-order valence-corrected chi connectivity index (χ0v) is 14.9. The zero-order chi connectivity index (χ0) is 17.0. The summed E-state index contributed by atoms with van der Waals surface area (Å²) in [6.45, 7) is 0. The molecule has 0 aliphatic carbocycles. The summed E-state index contributed by atoms with van der Waals surface area (Å²) in [4.78, 5) is 12.8. The summed E-state index contributed by atoms with van der Waals surface area (Å²) in [5.74, 6) is 1.71. The van der Waals surface area contributed by atoms with Gasteiger partial charge in [-0.1, -0.05) is 15.9 Å². The zero-order valence-electron chi connectivity index (χ0n) is 13.3. The molecule has 0 fully saturated rings. The molecule has 0 amide bonds. The molecule has 0 aliphatic heterocycles. The van der Waals surface area contributed by atoms with E-state index < -0.39 is 0 Å². The highest BCUT2D eigenvalue weighted by Crippen LogP contribution is 2.39. The van der Waals surface area contributed by atoms with Crippen molar-refractivity contribution < 1.29 is 23.7 Å². The number of carbonyl (C=O) groups is 1. The highest BCUT2D eigenvalue weighted by Gasteiger charge is 2.20. The lowest BCUT2D eigenvalue weighted by Crippen LogP contribution is -2.05. The van der Waals surface area contributed by atoms with Gasteiger partial charge in [-0.2, -0.15) is 0 Å². The number of benzene rings is 2. The molecule has 2 rings (SSSR count). The molecule has 0 saturated heterocycles. The Kier molecular flexibility index (Phi) is 5.50. The van der Waals surface area contributed by atoms with Crippen molar-refractivity contribution in [3.63, 3.8) is 0 Å². The van der Waals surface area contributed by atoms with Gasteiger partial charge in [-0.15, -0.1) is 0 Å². The molecule has 0 unspecified atom stereocenters. The van der Waals surface area contributed by atoms with E-state index in [0.717, 1.165) is 0 Å². The Labute approximate surface area is 143 Å². The molecular weight excluding hydrogens is 364 g/mol. The van der Waals surface area contributed by atoms with Crippen molar-refractivity contribution in [3.05, 3.63) is 45.9 Å². The standard InChI is InChI=1S/C17H17BrO5/c1-20-11-5-6-13(18)12(9-11)16(19)10-7-14(21-2)17(23-4)15(8-10)22-3/h5-9H,1-4H3. The molecule has 0 saturated carbocycles. The van der Waals surface area contributed by atoms with Crippen molar-refractivity contribution in [1.29, 1.82) is 0 Å². The second-order valence-corrected chi connectivity index (χ2v) is 5.44. The average molecular weight is 381 g/mol. The van der Waals surface area contributed by atoms with Gasteiger partial charge in [0.2, 0.25) is 5.75 Å². The van der Waals surface area contributed by atoms with Gasteiger partial charge in [0.1, 0.15) is 5.75 Å². The molecule has 122 valence electrons. The molecule has 0 N–H and O–H groups in total.